The molecule has 1 rings (SSSR count). The minimum absolute atomic E-state index is 0.599. The van der Waals surface area contributed by atoms with Crippen molar-refractivity contribution in [3.8, 4) is 0 Å². The van der Waals surface area contributed by atoms with E-state index in [1.807, 2.05) is 27.0 Å². The second-order valence-electron chi connectivity index (χ2n) is 3.29. The Balaban J connectivity index is 3.00. The molecule has 0 aromatic carbocycles. The Kier molecular flexibility index (Phi) is 2.88. The molecular formula is C10H16N2O. The van der Waals surface area contributed by atoms with Crippen molar-refractivity contribution >= 4 is 0 Å². The quantitative estimate of drug-likeness (QED) is 0.717. The normalized spacial score (nSPS) is 12.9. The van der Waals surface area contributed by atoms with Gasteiger partial charge in [0.1, 0.15) is 6.10 Å². The summed E-state index contributed by atoms with van der Waals surface area (Å²) < 4.78 is 1.71. The topological polar surface area (TPSA) is 38.1 Å². The van der Waals surface area contributed by atoms with E-state index < -0.39 is 6.10 Å². The SMILES string of the molecule is C=C(C)C(O)c1cc(CC)nn1C. The van der Waals surface area contributed by atoms with Crippen LogP contribution < -0.4 is 0 Å². The number of rotatable bonds is 3. The Labute approximate surface area is 78.7 Å². The number of aromatic nitrogens is 2. The summed E-state index contributed by atoms with van der Waals surface area (Å²) in [4.78, 5) is 0. The van der Waals surface area contributed by atoms with Crippen LogP contribution in [0.3, 0.4) is 0 Å². The first-order chi connectivity index (χ1) is 6.06. The zero-order chi connectivity index (χ0) is 10.0. The van der Waals surface area contributed by atoms with E-state index in [0.717, 1.165) is 23.4 Å². The highest BCUT2D eigenvalue weighted by molar-refractivity contribution is 5.19. The number of hydrogen-bond donors (Lipinski definition) is 1. The van der Waals surface area contributed by atoms with Gasteiger partial charge >= 0.3 is 0 Å². The van der Waals surface area contributed by atoms with Crippen molar-refractivity contribution in [1.82, 2.24) is 9.78 Å². The molecule has 0 aliphatic carbocycles. The largest absolute Gasteiger partial charge is 0.382 e. The van der Waals surface area contributed by atoms with Crippen LogP contribution in [0.25, 0.3) is 0 Å². The summed E-state index contributed by atoms with van der Waals surface area (Å²) in [5.41, 5.74) is 2.55. The molecule has 1 aromatic rings. The lowest BCUT2D eigenvalue weighted by Gasteiger charge is -2.09. The second-order valence-corrected chi connectivity index (χ2v) is 3.29. The number of aliphatic hydroxyl groups excluding tert-OH is 1. The molecule has 13 heavy (non-hydrogen) atoms. The Hall–Kier alpha value is -1.09. The number of hydrogen-bond acceptors (Lipinski definition) is 2. The van der Waals surface area contributed by atoms with Gasteiger partial charge in [0.2, 0.25) is 0 Å². The van der Waals surface area contributed by atoms with Crippen molar-refractivity contribution in [3.63, 3.8) is 0 Å². The summed E-state index contributed by atoms with van der Waals surface area (Å²) in [5, 5.41) is 14.0. The predicted octanol–water partition coefficient (Wildman–Crippen LogP) is 1.59. The molecule has 0 aliphatic heterocycles. The van der Waals surface area contributed by atoms with E-state index in [4.69, 9.17) is 0 Å². The number of aliphatic hydroxyl groups is 1. The van der Waals surface area contributed by atoms with Crippen LogP contribution in [0.15, 0.2) is 18.2 Å². The van der Waals surface area contributed by atoms with Crippen molar-refractivity contribution < 1.29 is 5.11 Å². The molecule has 0 amide bonds. The lowest BCUT2D eigenvalue weighted by atomic mass is 10.1. The molecule has 1 atom stereocenters. The molecule has 0 aliphatic rings. The molecule has 1 N–H and O–H groups in total. The van der Waals surface area contributed by atoms with E-state index in [1.165, 1.54) is 0 Å². The van der Waals surface area contributed by atoms with Gasteiger partial charge in [-0.15, -0.1) is 0 Å². The highest BCUT2D eigenvalue weighted by Crippen LogP contribution is 2.19. The molecular weight excluding hydrogens is 164 g/mol. The van der Waals surface area contributed by atoms with E-state index in [0.29, 0.717) is 0 Å². The Bertz CT molecular complexity index is 315. The Morgan fingerprint density at radius 2 is 2.38 bits per heavy atom. The fourth-order valence-corrected chi connectivity index (χ4v) is 1.22. The maximum absolute atomic E-state index is 9.73. The van der Waals surface area contributed by atoms with Crippen LogP contribution in [0.5, 0.6) is 0 Å². The van der Waals surface area contributed by atoms with Crippen LogP contribution in [0, 0.1) is 0 Å². The third-order valence-electron chi connectivity index (χ3n) is 2.08. The smallest absolute Gasteiger partial charge is 0.116 e. The molecule has 0 radical (unpaired) electrons. The Morgan fingerprint density at radius 3 is 2.77 bits per heavy atom. The fraction of sp³-hybridized carbons (Fsp3) is 0.500. The zero-order valence-corrected chi connectivity index (χ0v) is 8.41. The van der Waals surface area contributed by atoms with Crippen LogP contribution >= 0.6 is 0 Å². The first-order valence-electron chi connectivity index (χ1n) is 4.42. The third kappa shape index (κ3) is 1.98. The summed E-state index contributed by atoms with van der Waals surface area (Å²) in [7, 11) is 1.83. The van der Waals surface area contributed by atoms with E-state index in [1.54, 1.807) is 4.68 Å². The van der Waals surface area contributed by atoms with Gasteiger partial charge in [-0.05, 0) is 25.0 Å². The van der Waals surface area contributed by atoms with Gasteiger partial charge in [0.25, 0.3) is 0 Å². The van der Waals surface area contributed by atoms with E-state index in [2.05, 4.69) is 11.7 Å². The monoisotopic (exact) mass is 180 g/mol. The zero-order valence-electron chi connectivity index (χ0n) is 8.41. The maximum atomic E-state index is 9.73. The van der Waals surface area contributed by atoms with Crippen molar-refractivity contribution in [3.05, 3.63) is 29.6 Å². The summed E-state index contributed by atoms with van der Waals surface area (Å²) in [6, 6.07) is 1.92. The highest BCUT2D eigenvalue weighted by atomic mass is 16.3. The number of nitrogens with zero attached hydrogens (tertiary/aromatic N) is 2. The molecule has 0 fully saturated rings. The van der Waals surface area contributed by atoms with E-state index >= 15 is 0 Å². The third-order valence-corrected chi connectivity index (χ3v) is 2.08. The molecule has 1 aromatic heterocycles. The van der Waals surface area contributed by atoms with Gasteiger partial charge in [-0.3, -0.25) is 4.68 Å². The molecule has 0 saturated carbocycles. The summed E-state index contributed by atoms with van der Waals surface area (Å²) >= 11 is 0. The van der Waals surface area contributed by atoms with Gasteiger partial charge in [-0.2, -0.15) is 5.10 Å². The molecule has 0 saturated heterocycles. The first-order valence-corrected chi connectivity index (χ1v) is 4.42. The molecule has 1 unspecified atom stereocenters. The lowest BCUT2D eigenvalue weighted by Crippen LogP contribution is -2.05. The van der Waals surface area contributed by atoms with Gasteiger partial charge < -0.3 is 5.11 Å². The molecule has 0 spiro atoms. The van der Waals surface area contributed by atoms with Crippen molar-refractivity contribution in [2.75, 3.05) is 0 Å². The van der Waals surface area contributed by atoms with Crippen LogP contribution in [0.4, 0.5) is 0 Å². The van der Waals surface area contributed by atoms with Gasteiger partial charge in [0.15, 0.2) is 0 Å². The first kappa shape index (κ1) is 9.99. The Morgan fingerprint density at radius 1 is 1.77 bits per heavy atom. The fourth-order valence-electron chi connectivity index (χ4n) is 1.22. The maximum Gasteiger partial charge on any atom is 0.116 e. The minimum Gasteiger partial charge on any atom is -0.382 e. The van der Waals surface area contributed by atoms with Crippen LogP contribution in [-0.4, -0.2) is 14.9 Å². The summed E-state index contributed by atoms with van der Waals surface area (Å²) in [6.07, 6.45) is 0.286. The average Bonchev–Trinajstić information content (AvgIpc) is 2.45. The van der Waals surface area contributed by atoms with Crippen molar-refractivity contribution in [2.24, 2.45) is 7.05 Å². The lowest BCUT2D eigenvalue weighted by molar-refractivity contribution is 0.206. The standard InChI is InChI=1S/C10H16N2O/c1-5-8-6-9(12(4)11-8)10(13)7(2)3/h6,10,13H,2,5H2,1,3-4H3. The van der Waals surface area contributed by atoms with Crippen LogP contribution in [0.1, 0.15) is 31.3 Å². The molecule has 1 heterocycles. The van der Waals surface area contributed by atoms with Gasteiger partial charge in [-0.1, -0.05) is 13.5 Å². The minimum atomic E-state index is -0.599. The van der Waals surface area contributed by atoms with Crippen LogP contribution in [-0.2, 0) is 13.5 Å². The number of aryl methyl sites for hydroxylation is 2. The molecule has 3 heteroatoms. The van der Waals surface area contributed by atoms with E-state index in [-0.39, 0.29) is 0 Å². The molecule has 0 bridgehead atoms. The highest BCUT2D eigenvalue weighted by Gasteiger charge is 2.13. The van der Waals surface area contributed by atoms with Crippen molar-refractivity contribution in [1.29, 1.82) is 0 Å². The van der Waals surface area contributed by atoms with Gasteiger partial charge in [0.05, 0.1) is 11.4 Å². The summed E-state index contributed by atoms with van der Waals surface area (Å²) in [5.74, 6) is 0. The predicted molar refractivity (Wildman–Crippen MR) is 52.4 cm³/mol. The van der Waals surface area contributed by atoms with E-state index in [9.17, 15) is 5.11 Å². The molecule has 72 valence electrons. The second kappa shape index (κ2) is 3.75. The van der Waals surface area contributed by atoms with Crippen LogP contribution in [0.2, 0.25) is 0 Å². The van der Waals surface area contributed by atoms with Gasteiger partial charge in [-0.25, -0.2) is 0 Å². The molecule has 3 nitrogen and oxygen atoms in total. The average molecular weight is 180 g/mol. The summed E-state index contributed by atoms with van der Waals surface area (Å²) in [6.45, 7) is 7.57. The van der Waals surface area contributed by atoms with Gasteiger partial charge in [0, 0.05) is 7.05 Å². The van der Waals surface area contributed by atoms with Crippen molar-refractivity contribution in [2.45, 2.75) is 26.4 Å².